The number of nitrogens with zero attached hydrogens (tertiary/aromatic N) is 3. The van der Waals surface area contributed by atoms with Crippen LogP contribution < -0.4 is 0 Å². The van der Waals surface area contributed by atoms with Crippen molar-refractivity contribution in [3.8, 4) is 0 Å². The average molecular weight is 250 g/mol. The first-order valence-corrected chi connectivity index (χ1v) is 6.19. The van der Waals surface area contributed by atoms with E-state index >= 15 is 0 Å². The van der Waals surface area contributed by atoms with Crippen molar-refractivity contribution in [2.45, 2.75) is 32.7 Å². The molecule has 90 valence electrons. The maximum Gasteiger partial charge on any atom is 0.225 e. The van der Waals surface area contributed by atoms with Gasteiger partial charge in [-0.2, -0.15) is 0 Å². The molecule has 0 atom stereocenters. The molecule has 0 amide bonds. The third-order valence-electron chi connectivity index (χ3n) is 2.72. The largest absolute Gasteiger partial charge is 0.301 e. The summed E-state index contributed by atoms with van der Waals surface area (Å²) in [6, 6.07) is 10.4. The van der Waals surface area contributed by atoms with Crippen LogP contribution in [0.5, 0.6) is 0 Å². The molecule has 2 rings (SSSR count). The quantitative estimate of drug-likeness (QED) is 0.833. The molecule has 0 aliphatic heterocycles. The van der Waals surface area contributed by atoms with Crippen molar-refractivity contribution < 1.29 is 0 Å². The van der Waals surface area contributed by atoms with Gasteiger partial charge in [0.15, 0.2) is 0 Å². The predicted molar refractivity (Wildman–Crippen MR) is 69.3 cm³/mol. The molecule has 0 bridgehead atoms. The van der Waals surface area contributed by atoms with Crippen LogP contribution in [0.2, 0.25) is 5.28 Å². The van der Waals surface area contributed by atoms with Crippen LogP contribution in [0.15, 0.2) is 30.3 Å². The van der Waals surface area contributed by atoms with E-state index in [0.717, 1.165) is 18.8 Å². The lowest BCUT2D eigenvalue weighted by Gasteiger charge is -2.09. The molecule has 1 aromatic heterocycles. The lowest BCUT2D eigenvalue weighted by atomic mass is 10.1. The van der Waals surface area contributed by atoms with Crippen molar-refractivity contribution in [3.05, 3.63) is 47.0 Å². The Labute approximate surface area is 106 Å². The van der Waals surface area contributed by atoms with Gasteiger partial charge in [-0.1, -0.05) is 44.2 Å². The smallest absolute Gasteiger partial charge is 0.225 e. The number of hydrogen-bond donors (Lipinski definition) is 0. The van der Waals surface area contributed by atoms with E-state index in [1.54, 1.807) is 0 Å². The predicted octanol–water partition coefficient (Wildman–Crippen LogP) is 3.30. The summed E-state index contributed by atoms with van der Waals surface area (Å²) in [6.07, 6.45) is 0.943. The van der Waals surface area contributed by atoms with Gasteiger partial charge in [0, 0.05) is 12.5 Å². The van der Waals surface area contributed by atoms with Crippen molar-refractivity contribution in [1.29, 1.82) is 0 Å². The Morgan fingerprint density at radius 2 is 1.88 bits per heavy atom. The van der Waals surface area contributed by atoms with Gasteiger partial charge in [-0.3, -0.25) is 0 Å². The summed E-state index contributed by atoms with van der Waals surface area (Å²) in [5.74, 6) is 1.29. The standard InChI is InChI=1S/C13H16ClN3/c1-10(2)12-15-16-13(14)17(12)9-8-11-6-4-3-5-7-11/h3-7,10H,8-9H2,1-2H3. The molecule has 0 radical (unpaired) electrons. The fraction of sp³-hybridized carbons (Fsp3) is 0.385. The molecule has 0 saturated heterocycles. The van der Waals surface area contributed by atoms with Crippen LogP contribution in [0.25, 0.3) is 0 Å². The molecule has 0 N–H and O–H groups in total. The first-order chi connectivity index (χ1) is 8.18. The molecular weight excluding hydrogens is 234 g/mol. The fourth-order valence-corrected chi connectivity index (χ4v) is 2.02. The zero-order chi connectivity index (χ0) is 12.3. The highest BCUT2D eigenvalue weighted by Crippen LogP contribution is 2.17. The number of halogens is 1. The molecule has 3 nitrogen and oxygen atoms in total. The summed E-state index contributed by atoms with van der Waals surface area (Å²) in [7, 11) is 0. The molecule has 0 aliphatic rings. The van der Waals surface area contributed by atoms with E-state index in [2.05, 4.69) is 36.2 Å². The topological polar surface area (TPSA) is 30.7 Å². The van der Waals surface area contributed by atoms with Gasteiger partial charge >= 0.3 is 0 Å². The van der Waals surface area contributed by atoms with Crippen LogP contribution in [-0.4, -0.2) is 14.8 Å². The molecule has 0 unspecified atom stereocenters. The summed E-state index contributed by atoms with van der Waals surface area (Å²) in [4.78, 5) is 0. The maximum atomic E-state index is 6.04. The van der Waals surface area contributed by atoms with Crippen molar-refractivity contribution in [1.82, 2.24) is 14.8 Å². The fourth-order valence-electron chi connectivity index (χ4n) is 1.81. The Morgan fingerprint density at radius 1 is 1.18 bits per heavy atom. The van der Waals surface area contributed by atoms with Crippen molar-refractivity contribution in [2.24, 2.45) is 0 Å². The third-order valence-corrected chi connectivity index (χ3v) is 3.00. The van der Waals surface area contributed by atoms with E-state index in [1.165, 1.54) is 5.56 Å². The Hall–Kier alpha value is -1.35. The van der Waals surface area contributed by atoms with Crippen molar-refractivity contribution in [3.63, 3.8) is 0 Å². The van der Waals surface area contributed by atoms with E-state index in [0.29, 0.717) is 11.2 Å². The van der Waals surface area contributed by atoms with Crippen LogP contribution in [0.4, 0.5) is 0 Å². The van der Waals surface area contributed by atoms with Gasteiger partial charge in [0.1, 0.15) is 5.82 Å². The zero-order valence-corrected chi connectivity index (χ0v) is 10.9. The average Bonchev–Trinajstić information content (AvgIpc) is 2.69. The molecule has 1 heterocycles. The minimum atomic E-state index is 0.339. The van der Waals surface area contributed by atoms with Gasteiger partial charge in [0.25, 0.3) is 0 Å². The maximum absolute atomic E-state index is 6.04. The number of aryl methyl sites for hydroxylation is 1. The van der Waals surface area contributed by atoms with E-state index in [1.807, 2.05) is 22.8 Å². The minimum Gasteiger partial charge on any atom is -0.301 e. The highest BCUT2D eigenvalue weighted by Gasteiger charge is 2.12. The number of rotatable bonds is 4. The van der Waals surface area contributed by atoms with Gasteiger partial charge in [-0.05, 0) is 23.6 Å². The summed E-state index contributed by atoms with van der Waals surface area (Å²) in [5, 5.41) is 8.51. The summed E-state index contributed by atoms with van der Waals surface area (Å²) < 4.78 is 1.99. The first-order valence-electron chi connectivity index (χ1n) is 5.81. The minimum absolute atomic E-state index is 0.339. The highest BCUT2D eigenvalue weighted by atomic mass is 35.5. The molecule has 0 fully saturated rings. The molecule has 4 heteroatoms. The third kappa shape index (κ3) is 2.86. The summed E-state index contributed by atoms with van der Waals surface area (Å²) >= 11 is 6.04. The summed E-state index contributed by atoms with van der Waals surface area (Å²) in [6.45, 7) is 5.02. The Kier molecular flexibility index (Phi) is 3.79. The van der Waals surface area contributed by atoms with Crippen LogP contribution in [0.3, 0.4) is 0 Å². The van der Waals surface area contributed by atoms with Gasteiger partial charge in [0.05, 0.1) is 0 Å². The lowest BCUT2D eigenvalue weighted by molar-refractivity contribution is 0.620. The number of aromatic nitrogens is 3. The monoisotopic (exact) mass is 249 g/mol. The highest BCUT2D eigenvalue weighted by molar-refractivity contribution is 6.28. The van der Waals surface area contributed by atoms with E-state index in [4.69, 9.17) is 11.6 Å². The second-order valence-electron chi connectivity index (χ2n) is 4.37. The van der Waals surface area contributed by atoms with E-state index < -0.39 is 0 Å². The van der Waals surface area contributed by atoms with Crippen LogP contribution in [0.1, 0.15) is 31.2 Å². The van der Waals surface area contributed by atoms with Crippen LogP contribution >= 0.6 is 11.6 Å². The Balaban J connectivity index is 2.11. The first kappa shape index (κ1) is 12.1. The molecule has 1 aromatic carbocycles. The van der Waals surface area contributed by atoms with Gasteiger partial charge < -0.3 is 4.57 Å². The molecule has 0 spiro atoms. The molecule has 2 aromatic rings. The van der Waals surface area contributed by atoms with E-state index in [9.17, 15) is 0 Å². The van der Waals surface area contributed by atoms with Crippen LogP contribution in [0, 0.1) is 0 Å². The lowest BCUT2D eigenvalue weighted by Crippen LogP contribution is -2.07. The normalized spacial score (nSPS) is 11.1. The second kappa shape index (κ2) is 5.32. The summed E-state index contributed by atoms with van der Waals surface area (Å²) in [5.41, 5.74) is 1.30. The Bertz CT molecular complexity index is 477. The number of hydrogen-bond acceptors (Lipinski definition) is 2. The molecule has 17 heavy (non-hydrogen) atoms. The number of benzene rings is 1. The molecule has 0 saturated carbocycles. The molecular formula is C13H16ClN3. The molecule has 0 aliphatic carbocycles. The van der Waals surface area contributed by atoms with Crippen molar-refractivity contribution in [2.75, 3.05) is 0 Å². The zero-order valence-electron chi connectivity index (χ0n) is 10.1. The van der Waals surface area contributed by atoms with Crippen LogP contribution in [-0.2, 0) is 13.0 Å². The van der Waals surface area contributed by atoms with E-state index in [-0.39, 0.29) is 0 Å². The van der Waals surface area contributed by atoms with Gasteiger partial charge in [-0.25, -0.2) is 0 Å². The Morgan fingerprint density at radius 3 is 2.53 bits per heavy atom. The van der Waals surface area contributed by atoms with Crippen molar-refractivity contribution >= 4 is 11.6 Å². The SMILES string of the molecule is CC(C)c1nnc(Cl)n1CCc1ccccc1. The van der Waals surface area contributed by atoms with Gasteiger partial charge in [0.2, 0.25) is 5.28 Å². The second-order valence-corrected chi connectivity index (χ2v) is 4.71. The van der Waals surface area contributed by atoms with Gasteiger partial charge in [-0.15, -0.1) is 10.2 Å².